The standard InChI is InChI=1S/C39H43N5O6S2/c1-43(27-8-10-28(11-9-27)50-39(38(48)49,34-5-2-19-51-34)35-6-3-20-52-35)17-4-18-44-31-14-7-25(21-26(31)23-41-44)22-40-24-33(46)29-12-15-32(45)37-30(29)13-16-36(47)42-37/h2-3,5-7,12-16,19-21,23,27-28,33,40,45-46H,4,8-11,17-18,22,24H2,1H3,(H,42,47)(H,48,49)/t27?,28?,33-/m0/s1. The predicted molar refractivity (Wildman–Crippen MR) is 204 cm³/mol. The van der Waals surface area contributed by atoms with Crippen LogP contribution in [0.2, 0.25) is 0 Å². The topological polar surface area (TPSA) is 153 Å². The Morgan fingerprint density at radius 1 is 1.08 bits per heavy atom. The number of nitrogens with one attached hydrogen (secondary N) is 2. The number of ether oxygens (including phenoxy) is 1. The van der Waals surface area contributed by atoms with Crippen LogP contribution in [0.15, 0.2) is 88.5 Å². The molecule has 5 N–H and O–H groups in total. The highest BCUT2D eigenvalue weighted by molar-refractivity contribution is 7.12. The number of hydrogen-bond acceptors (Lipinski definition) is 10. The van der Waals surface area contributed by atoms with Crippen LogP contribution >= 0.6 is 22.7 Å². The summed E-state index contributed by atoms with van der Waals surface area (Å²) in [6.07, 6.45) is 5.43. The van der Waals surface area contributed by atoms with Gasteiger partial charge in [0.05, 0.1) is 39.2 Å². The number of pyridine rings is 1. The van der Waals surface area contributed by atoms with Gasteiger partial charge < -0.3 is 35.3 Å². The smallest absolute Gasteiger partial charge is 0.347 e. The number of aromatic amines is 1. The molecule has 1 atom stereocenters. The number of fused-ring (bicyclic) bond motifs is 2. The molecule has 1 aliphatic rings. The molecule has 0 spiro atoms. The number of carboxylic acids is 1. The van der Waals surface area contributed by atoms with Crippen molar-refractivity contribution in [2.24, 2.45) is 0 Å². The SMILES string of the molecule is CN(CCCn1ncc2cc(CNC[C@H](O)c3ccc(O)c4[nH]c(=O)ccc34)ccc21)C1CCC(OC(C(=O)O)(c2cccs2)c2cccs2)CC1. The number of phenolic OH excluding ortho intramolecular Hbond substituents is 1. The van der Waals surface area contributed by atoms with Gasteiger partial charge >= 0.3 is 5.97 Å². The van der Waals surface area contributed by atoms with E-state index in [2.05, 4.69) is 50.2 Å². The first-order valence-electron chi connectivity index (χ1n) is 17.6. The first kappa shape index (κ1) is 36.0. The molecule has 0 radical (unpaired) electrons. The number of aliphatic hydroxyl groups excluding tert-OH is 1. The van der Waals surface area contributed by atoms with E-state index < -0.39 is 17.7 Å². The molecule has 1 aliphatic carbocycles. The lowest BCUT2D eigenvalue weighted by Gasteiger charge is -2.38. The van der Waals surface area contributed by atoms with E-state index in [1.165, 1.54) is 34.8 Å². The number of aromatic hydroxyl groups is 1. The van der Waals surface area contributed by atoms with Crippen molar-refractivity contribution in [2.75, 3.05) is 20.1 Å². The molecule has 2 aromatic carbocycles. The van der Waals surface area contributed by atoms with Crippen molar-refractivity contribution in [3.8, 4) is 5.75 Å². The van der Waals surface area contributed by atoms with Crippen LogP contribution in [0.25, 0.3) is 21.8 Å². The first-order valence-corrected chi connectivity index (χ1v) is 19.4. The minimum absolute atomic E-state index is 0.0340. The van der Waals surface area contributed by atoms with Crippen molar-refractivity contribution < 1.29 is 24.9 Å². The number of aliphatic carboxylic acids is 1. The number of rotatable bonds is 15. The number of H-pyrrole nitrogens is 1. The Labute approximate surface area is 309 Å². The van der Waals surface area contributed by atoms with Crippen molar-refractivity contribution in [2.45, 2.75) is 69.0 Å². The van der Waals surface area contributed by atoms with E-state index in [0.717, 1.165) is 61.7 Å². The van der Waals surface area contributed by atoms with E-state index in [-0.39, 0.29) is 17.4 Å². The molecule has 0 saturated heterocycles. The predicted octanol–water partition coefficient (Wildman–Crippen LogP) is 6.21. The Kier molecular flexibility index (Phi) is 10.9. The van der Waals surface area contributed by atoms with E-state index in [1.54, 1.807) is 12.1 Å². The number of phenols is 1. The zero-order valence-electron chi connectivity index (χ0n) is 28.9. The summed E-state index contributed by atoms with van der Waals surface area (Å²) < 4.78 is 8.62. The molecule has 7 rings (SSSR count). The average Bonchev–Trinajstić information content (AvgIpc) is 3.95. The van der Waals surface area contributed by atoms with Gasteiger partial charge in [0.25, 0.3) is 0 Å². The zero-order valence-corrected chi connectivity index (χ0v) is 30.5. The molecule has 4 heterocycles. The summed E-state index contributed by atoms with van der Waals surface area (Å²) in [5.74, 6) is -0.999. The van der Waals surface area contributed by atoms with Gasteiger partial charge in [0.15, 0.2) is 0 Å². The molecule has 0 amide bonds. The minimum atomic E-state index is -1.47. The Hall–Kier alpha value is -4.37. The largest absolute Gasteiger partial charge is 0.506 e. The third-order valence-electron chi connectivity index (χ3n) is 10.2. The number of benzene rings is 2. The van der Waals surface area contributed by atoms with Crippen molar-refractivity contribution in [3.63, 3.8) is 0 Å². The van der Waals surface area contributed by atoms with Gasteiger partial charge in [0, 0.05) is 42.5 Å². The summed E-state index contributed by atoms with van der Waals surface area (Å²) >= 11 is 2.85. The lowest BCUT2D eigenvalue weighted by molar-refractivity contribution is -0.170. The average molecular weight is 742 g/mol. The second-order valence-corrected chi connectivity index (χ2v) is 15.4. The highest BCUT2D eigenvalue weighted by Crippen LogP contribution is 2.42. The van der Waals surface area contributed by atoms with Gasteiger partial charge in [-0.15, -0.1) is 22.7 Å². The fourth-order valence-electron chi connectivity index (χ4n) is 7.40. The molecule has 0 unspecified atom stereocenters. The van der Waals surface area contributed by atoms with E-state index >= 15 is 0 Å². The number of aliphatic hydroxyl groups is 1. The van der Waals surface area contributed by atoms with E-state index in [1.807, 2.05) is 41.2 Å². The Bertz CT molecular complexity index is 2140. The number of carboxylic acid groups (broad SMARTS) is 1. The molecule has 1 saturated carbocycles. The van der Waals surface area contributed by atoms with Gasteiger partial charge in [-0.1, -0.05) is 24.3 Å². The van der Waals surface area contributed by atoms with Crippen molar-refractivity contribution in [1.82, 2.24) is 25.0 Å². The molecule has 52 heavy (non-hydrogen) atoms. The van der Waals surface area contributed by atoms with Gasteiger partial charge in [-0.3, -0.25) is 9.48 Å². The maximum absolute atomic E-state index is 12.8. The van der Waals surface area contributed by atoms with E-state index in [9.17, 15) is 24.9 Å². The molecule has 11 nitrogen and oxygen atoms in total. The lowest BCUT2D eigenvalue weighted by atomic mass is 9.90. The summed E-state index contributed by atoms with van der Waals surface area (Å²) in [5, 5.41) is 45.0. The Morgan fingerprint density at radius 3 is 2.52 bits per heavy atom. The molecule has 6 aromatic rings. The van der Waals surface area contributed by atoms with Gasteiger partial charge in [-0.2, -0.15) is 5.10 Å². The second-order valence-electron chi connectivity index (χ2n) is 13.5. The maximum Gasteiger partial charge on any atom is 0.347 e. The quantitative estimate of drug-likeness (QED) is 0.0828. The van der Waals surface area contributed by atoms with Crippen molar-refractivity contribution >= 4 is 50.4 Å². The normalized spacial score (nSPS) is 17.3. The first-order chi connectivity index (χ1) is 25.2. The summed E-state index contributed by atoms with van der Waals surface area (Å²) in [6.45, 7) is 2.58. The maximum atomic E-state index is 12.8. The molecule has 272 valence electrons. The Morgan fingerprint density at radius 2 is 1.83 bits per heavy atom. The van der Waals surface area contributed by atoms with Gasteiger partial charge in [-0.05, 0) is 104 Å². The van der Waals surface area contributed by atoms with Crippen molar-refractivity contribution in [1.29, 1.82) is 0 Å². The fourth-order valence-corrected chi connectivity index (χ4v) is 9.21. The fraction of sp³-hybridized carbons (Fsp3) is 0.359. The van der Waals surface area contributed by atoms with Crippen molar-refractivity contribution in [3.05, 3.63) is 115 Å². The molecular formula is C39H43N5O6S2. The summed E-state index contributed by atoms with van der Waals surface area (Å²) in [5.41, 5.74) is 1.31. The van der Waals surface area contributed by atoms with Crippen LogP contribution in [0.1, 0.15) is 59.1 Å². The van der Waals surface area contributed by atoms with Gasteiger partial charge in [0.2, 0.25) is 11.2 Å². The van der Waals surface area contributed by atoms with Crippen LogP contribution in [0, 0.1) is 0 Å². The number of nitrogens with zero attached hydrogens (tertiary/aromatic N) is 3. The van der Waals surface area contributed by atoms with Crippen LogP contribution in [0.4, 0.5) is 0 Å². The monoisotopic (exact) mass is 741 g/mol. The van der Waals surface area contributed by atoms with Gasteiger partial charge in [-0.25, -0.2) is 4.79 Å². The number of thiophene rings is 2. The highest BCUT2D eigenvalue weighted by Gasteiger charge is 2.48. The highest BCUT2D eigenvalue weighted by atomic mass is 32.1. The number of hydrogen-bond donors (Lipinski definition) is 5. The summed E-state index contributed by atoms with van der Waals surface area (Å²) in [7, 11) is 2.17. The van der Waals surface area contributed by atoms with Crippen LogP contribution in [0.5, 0.6) is 5.75 Å². The van der Waals surface area contributed by atoms with Crippen LogP contribution in [0.3, 0.4) is 0 Å². The number of aromatic nitrogens is 3. The summed E-state index contributed by atoms with van der Waals surface area (Å²) in [6, 6.07) is 20.3. The number of aryl methyl sites for hydroxylation is 1. The number of carbonyl (C=O) groups is 1. The third kappa shape index (κ3) is 7.43. The van der Waals surface area contributed by atoms with Crippen LogP contribution in [-0.4, -0.2) is 73.2 Å². The molecule has 13 heteroatoms. The molecule has 0 aliphatic heterocycles. The Balaban J connectivity index is 0.884. The zero-order chi connectivity index (χ0) is 36.2. The summed E-state index contributed by atoms with van der Waals surface area (Å²) in [4.78, 5) is 31.0. The molecule has 0 bridgehead atoms. The third-order valence-corrected chi connectivity index (χ3v) is 12.1. The van der Waals surface area contributed by atoms with E-state index in [4.69, 9.17) is 4.74 Å². The van der Waals surface area contributed by atoms with Gasteiger partial charge in [0.1, 0.15) is 5.75 Å². The molecular weight excluding hydrogens is 699 g/mol. The van der Waals surface area contributed by atoms with E-state index in [0.29, 0.717) is 45.4 Å². The lowest BCUT2D eigenvalue weighted by Crippen LogP contribution is -2.44. The molecule has 1 fully saturated rings. The second kappa shape index (κ2) is 15.7. The molecule has 4 aromatic heterocycles. The van der Waals surface area contributed by atoms with Crippen LogP contribution in [-0.2, 0) is 28.2 Å². The van der Waals surface area contributed by atoms with Crippen LogP contribution < -0.4 is 10.9 Å². The minimum Gasteiger partial charge on any atom is -0.506 e.